The molecule has 0 saturated carbocycles. The number of ether oxygens (including phenoxy) is 1. The quantitative estimate of drug-likeness (QED) is 0.868. The molecule has 1 aliphatic carbocycles. The number of para-hydroxylation sites is 2. The van der Waals surface area contributed by atoms with Crippen LogP contribution in [0, 0.1) is 0 Å². The average molecular weight is 243 g/mol. The van der Waals surface area contributed by atoms with E-state index in [1.807, 2.05) is 24.3 Å². The molecule has 0 radical (unpaired) electrons. The minimum Gasteiger partial charge on any atom is -0.478 e. The highest BCUT2D eigenvalue weighted by Gasteiger charge is 2.28. The maximum absolute atomic E-state index is 12.3. The second kappa shape index (κ2) is 4.84. The first-order chi connectivity index (χ1) is 8.84. The average Bonchev–Trinajstić information content (AvgIpc) is 2.47. The number of fused-ring (bicyclic) bond motifs is 1. The highest BCUT2D eigenvalue weighted by atomic mass is 16.5. The Hall–Kier alpha value is -1.77. The number of nitrogens with one attached hydrogen (secondary N) is 1. The van der Waals surface area contributed by atoms with Gasteiger partial charge in [0.05, 0.1) is 12.2 Å². The van der Waals surface area contributed by atoms with Gasteiger partial charge >= 0.3 is 0 Å². The molecule has 1 aromatic rings. The number of rotatable bonds is 2. The van der Waals surface area contributed by atoms with E-state index < -0.39 is 0 Å². The molecule has 1 N–H and O–H groups in total. The van der Waals surface area contributed by atoms with E-state index in [9.17, 15) is 4.79 Å². The van der Waals surface area contributed by atoms with E-state index in [1.165, 1.54) is 6.42 Å². The summed E-state index contributed by atoms with van der Waals surface area (Å²) in [5, 5.41) is 3.26. The number of Topliss-reactive ketones (excluding diaryl/α,β-unsaturated/α-hetero) is 1. The minimum atomic E-state index is -0.371. The first kappa shape index (κ1) is 11.3. The monoisotopic (exact) mass is 243 g/mol. The fourth-order valence-electron chi connectivity index (χ4n) is 2.53. The minimum absolute atomic E-state index is 0.150. The van der Waals surface area contributed by atoms with Gasteiger partial charge in [-0.2, -0.15) is 0 Å². The molecule has 3 heteroatoms. The van der Waals surface area contributed by atoms with Gasteiger partial charge < -0.3 is 10.1 Å². The number of allylic oxidation sites excluding steroid dienone is 1. The van der Waals surface area contributed by atoms with Crippen LogP contribution in [0.5, 0.6) is 5.75 Å². The SMILES string of the molecule is O=C(C1=CCCCC1)C1CNc2ccccc2O1. The summed E-state index contributed by atoms with van der Waals surface area (Å²) in [7, 11) is 0. The smallest absolute Gasteiger partial charge is 0.200 e. The van der Waals surface area contributed by atoms with Crippen molar-refractivity contribution in [3.8, 4) is 5.75 Å². The van der Waals surface area contributed by atoms with E-state index in [-0.39, 0.29) is 11.9 Å². The van der Waals surface area contributed by atoms with E-state index in [2.05, 4.69) is 11.4 Å². The van der Waals surface area contributed by atoms with Crippen molar-refractivity contribution in [3.63, 3.8) is 0 Å². The van der Waals surface area contributed by atoms with Crippen molar-refractivity contribution >= 4 is 11.5 Å². The summed E-state index contributed by atoms with van der Waals surface area (Å²) in [6, 6.07) is 7.75. The van der Waals surface area contributed by atoms with Gasteiger partial charge in [-0.1, -0.05) is 18.2 Å². The first-order valence-corrected chi connectivity index (χ1v) is 6.57. The maximum Gasteiger partial charge on any atom is 0.200 e. The van der Waals surface area contributed by atoms with Gasteiger partial charge in [0.25, 0.3) is 0 Å². The van der Waals surface area contributed by atoms with Gasteiger partial charge in [0.2, 0.25) is 5.78 Å². The van der Waals surface area contributed by atoms with Gasteiger partial charge in [0.15, 0.2) is 6.10 Å². The van der Waals surface area contributed by atoms with Crippen molar-refractivity contribution < 1.29 is 9.53 Å². The Labute approximate surface area is 107 Å². The van der Waals surface area contributed by atoms with Crippen LogP contribution in [0.1, 0.15) is 25.7 Å². The van der Waals surface area contributed by atoms with Gasteiger partial charge in [-0.05, 0) is 43.4 Å². The summed E-state index contributed by atoms with van der Waals surface area (Å²) in [6.45, 7) is 0.563. The molecule has 3 nitrogen and oxygen atoms in total. The predicted octanol–water partition coefficient (Wildman–Crippen LogP) is 2.93. The van der Waals surface area contributed by atoms with Crippen LogP contribution in [0.3, 0.4) is 0 Å². The van der Waals surface area contributed by atoms with Crippen LogP contribution in [-0.4, -0.2) is 18.4 Å². The molecule has 1 aliphatic heterocycles. The van der Waals surface area contributed by atoms with Crippen LogP contribution in [0.25, 0.3) is 0 Å². The van der Waals surface area contributed by atoms with Gasteiger partial charge in [-0.25, -0.2) is 0 Å². The molecule has 0 fully saturated rings. The summed E-state index contributed by atoms with van der Waals surface area (Å²) >= 11 is 0. The molecule has 0 spiro atoms. The zero-order valence-electron chi connectivity index (χ0n) is 10.3. The molecular weight excluding hydrogens is 226 g/mol. The topological polar surface area (TPSA) is 38.3 Å². The number of hydrogen-bond acceptors (Lipinski definition) is 3. The molecular formula is C15H17NO2. The molecule has 18 heavy (non-hydrogen) atoms. The van der Waals surface area contributed by atoms with Gasteiger partial charge in [0, 0.05) is 0 Å². The van der Waals surface area contributed by atoms with Crippen molar-refractivity contribution in [2.24, 2.45) is 0 Å². The van der Waals surface area contributed by atoms with Crippen LogP contribution in [0.4, 0.5) is 5.69 Å². The van der Waals surface area contributed by atoms with Gasteiger partial charge in [-0.3, -0.25) is 4.79 Å². The second-order valence-electron chi connectivity index (χ2n) is 4.82. The van der Waals surface area contributed by atoms with E-state index in [0.29, 0.717) is 6.54 Å². The standard InChI is InChI=1S/C15H17NO2/c17-15(11-6-2-1-3-7-11)14-10-16-12-8-4-5-9-13(12)18-14/h4-6,8-9,14,16H,1-3,7,10H2. The Kier molecular flexibility index (Phi) is 3.05. The maximum atomic E-state index is 12.3. The highest BCUT2D eigenvalue weighted by Crippen LogP contribution is 2.30. The number of ketones is 1. The summed E-state index contributed by atoms with van der Waals surface area (Å²) in [4.78, 5) is 12.3. The molecule has 1 heterocycles. The molecule has 1 unspecified atom stereocenters. The number of carbonyl (C=O) groups excluding carboxylic acids is 1. The predicted molar refractivity (Wildman–Crippen MR) is 70.9 cm³/mol. The summed E-state index contributed by atoms with van der Waals surface area (Å²) in [5.41, 5.74) is 1.92. The molecule has 0 aromatic heterocycles. The highest BCUT2D eigenvalue weighted by molar-refractivity contribution is 5.99. The molecule has 0 amide bonds. The van der Waals surface area contributed by atoms with Crippen molar-refractivity contribution in [3.05, 3.63) is 35.9 Å². The van der Waals surface area contributed by atoms with Crippen molar-refractivity contribution in [1.82, 2.24) is 0 Å². The van der Waals surface area contributed by atoms with Crippen LogP contribution in [-0.2, 0) is 4.79 Å². The molecule has 1 aromatic carbocycles. The van der Waals surface area contributed by atoms with Crippen molar-refractivity contribution in [2.75, 3.05) is 11.9 Å². The Morgan fingerprint density at radius 1 is 1.28 bits per heavy atom. The Bertz CT molecular complexity index is 493. The molecule has 0 bridgehead atoms. The lowest BCUT2D eigenvalue weighted by Gasteiger charge is -2.27. The van der Waals surface area contributed by atoms with E-state index in [4.69, 9.17) is 4.74 Å². The first-order valence-electron chi connectivity index (χ1n) is 6.57. The van der Waals surface area contributed by atoms with E-state index >= 15 is 0 Å². The number of carbonyl (C=O) groups is 1. The normalized spacial score (nSPS) is 22.2. The lowest BCUT2D eigenvalue weighted by atomic mass is 9.93. The van der Waals surface area contributed by atoms with Crippen LogP contribution < -0.4 is 10.1 Å². The summed E-state index contributed by atoms with van der Waals surface area (Å²) < 4.78 is 5.79. The third-order valence-corrected chi connectivity index (χ3v) is 3.53. The van der Waals surface area contributed by atoms with Crippen LogP contribution in [0.15, 0.2) is 35.9 Å². The zero-order chi connectivity index (χ0) is 12.4. The van der Waals surface area contributed by atoms with Crippen molar-refractivity contribution in [2.45, 2.75) is 31.8 Å². The second-order valence-corrected chi connectivity index (χ2v) is 4.82. The van der Waals surface area contributed by atoms with Gasteiger partial charge in [0.1, 0.15) is 5.75 Å². The molecule has 2 aliphatic rings. The van der Waals surface area contributed by atoms with E-state index in [0.717, 1.165) is 36.3 Å². The largest absolute Gasteiger partial charge is 0.478 e. The summed E-state index contributed by atoms with van der Waals surface area (Å²) in [6.07, 6.45) is 5.95. The molecule has 0 saturated heterocycles. The number of anilines is 1. The molecule has 94 valence electrons. The Morgan fingerprint density at radius 3 is 3.00 bits per heavy atom. The zero-order valence-corrected chi connectivity index (χ0v) is 10.3. The van der Waals surface area contributed by atoms with E-state index in [1.54, 1.807) is 0 Å². The fourth-order valence-corrected chi connectivity index (χ4v) is 2.53. The van der Waals surface area contributed by atoms with Crippen LogP contribution >= 0.6 is 0 Å². The number of benzene rings is 1. The van der Waals surface area contributed by atoms with Crippen molar-refractivity contribution in [1.29, 1.82) is 0 Å². The lowest BCUT2D eigenvalue weighted by molar-refractivity contribution is -0.121. The molecule has 3 rings (SSSR count). The Morgan fingerprint density at radius 2 is 2.17 bits per heavy atom. The third-order valence-electron chi connectivity index (χ3n) is 3.53. The Balaban J connectivity index is 1.75. The van der Waals surface area contributed by atoms with Gasteiger partial charge in [-0.15, -0.1) is 0 Å². The lowest BCUT2D eigenvalue weighted by Crippen LogP contribution is -2.38. The molecule has 1 atom stereocenters. The fraction of sp³-hybridized carbons (Fsp3) is 0.400. The number of hydrogen-bond donors (Lipinski definition) is 1. The summed E-state index contributed by atoms with van der Waals surface area (Å²) in [5.74, 6) is 0.926. The van der Waals surface area contributed by atoms with Crippen LogP contribution in [0.2, 0.25) is 0 Å². The third kappa shape index (κ3) is 2.13.